The second-order valence-electron chi connectivity index (χ2n) is 7.56. The second-order valence-corrected chi connectivity index (χ2v) is 9.33. The molecule has 1 N–H and O–H groups in total. The van der Waals surface area contributed by atoms with Crippen LogP contribution in [0.3, 0.4) is 0 Å². The van der Waals surface area contributed by atoms with Crippen LogP contribution in [0.5, 0.6) is 0 Å². The molecule has 0 spiro atoms. The van der Waals surface area contributed by atoms with Gasteiger partial charge in [0.25, 0.3) is 0 Å². The summed E-state index contributed by atoms with van der Waals surface area (Å²) in [7, 11) is 1.73. The summed E-state index contributed by atoms with van der Waals surface area (Å²) in [4.78, 5) is 38.2. The molecule has 1 aromatic heterocycles. The van der Waals surface area contributed by atoms with Gasteiger partial charge in [-0.1, -0.05) is 18.2 Å². The molecule has 142 valence electrons. The number of aliphatic carboxylic acids is 1. The predicted molar refractivity (Wildman–Crippen MR) is 97.8 cm³/mol. The van der Waals surface area contributed by atoms with Crippen LogP contribution in [0.4, 0.5) is 0 Å². The summed E-state index contributed by atoms with van der Waals surface area (Å²) >= 11 is 1.28. The Balaban J connectivity index is 0.00000225. The number of aryl methyl sites for hydroxylation is 1. The maximum Gasteiger partial charge on any atom is 1.00 e. The molecule has 0 saturated carbocycles. The minimum absolute atomic E-state index is 0. The Hall–Kier alpha value is -1.32. The van der Waals surface area contributed by atoms with Crippen molar-refractivity contribution in [3.63, 3.8) is 0 Å². The third-order valence-corrected chi connectivity index (χ3v) is 7.11. The summed E-state index contributed by atoms with van der Waals surface area (Å²) in [5.41, 5.74) is 1.16. The normalized spacial score (nSPS) is 26.4. The van der Waals surface area contributed by atoms with Crippen molar-refractivity contribution in [1.82, 2.24) is 9.47 Å². The number of hydrogen-bond donors (Lipinski definition) is 1. The van der Waals surface area contributed by atoms with E-state index in [2.05, 4.69) is 0 Å². The van der Waals surface area contributed by atoms with Crippen LogP contribution in [0.15, 0.2) is 30.3 Å². The van der Waals surface area contributed by atoms with Crippen molar-refractivity contribution >= 4 is 40.3 Å². The molecule has 1 unspecified atom stereocenters. The quantitative estimate of drug-likeness (QED) is 0.331. The molecule has 1 amide bonds. The van der Waals surface area contributed by atoms with E-state index in [0.717, 1.165) is 10.9 Å². The molecule has 7 nitrogen and oxygen atoms in total. The minimum atomic E-state index is -1.52. The summed E-state index contributed by atoms with van der Waals surface area (Å²) in [6.07, 6.45) is -1.52. The van der Waals surface area contributed by atoms with Crippen LogP contribution in [0, 0.1) is 5.92 Å². The van der Waals surface area contributed by atoms with Crippen LogP contribution in [0.25, 0.3) is 10.9 Å². The van der Waals surface area contributed by atoms with E-state index in [0.29, 0.717) is 5.69 Å². The molecule has 4 rings (SSSR count). The number of fused-ring (bicyclic) bond motifs is 2. The summed E-state index contributed by atoms with van der Waals surface area (Å²) in [6, 6.07) is 8.08. The van der Waals surface area contributed by atoms with Crippen molar-refractivity contribution in [3.05, 3.63) is 36.0 Å². The van der Waals surface area contributed by atoms with Crippen molar-refractivity contribution in [3.8, 4) is 0 Å². The fourth-order valence-electron chi connectivity index (χ4n) is 4.15. The van der Waals surface area contributed by atoms with Gasteiger partial charge in [0.2, 0.25) is 11.7 Å². The number of para-hydroxylation sites is 1. The largest absolute Gasteiger partial charge is 1.00 e. The van der Waals surface area contributed by atoms with E-state index in [1.165, 1.54) is 16.7 Å². The number of hydrogen-bond acceptors (Lipinski definition) is 6. The molecule has 2 aliphatic heterocycles. The van der Waals surface area contributed by atoms with Gasteiger partial charge in [0.1, 0.15) is 12.0 Å². The first-order chi connectivity index (χ1) is 12.6. The van der Waals surface area contributed by atoms with E-state index in [1.54, 1.807) is 31.5 Å². The van der Waals surface area contributed by atoms with Gasteiger partial charge in [-0.3, -0.25) is 9.59 Å². The van der Waals surface area contributed by atoms with Gasteiger partial charge in [-0.25, -0.2) is 0 Å². The molecule has 2 aliphatic rings. The molecule has 0 aliphatic carbocycles. The molecule has 9 heteroatoms. The zero-order chi connectivity index (χ0) is 19.7. The summed E-state index contributed by atoms with van der Waals surface area (Å²) in [5, 5.41) is 22.5. The number of ketones is 1. The number of aliphatic hydroxyl groups is 1. The summed E-state index contributed by atoms with van der Waals surface area (Å²) in [5.74, 6) is -3.34. The van der Waals surface area contributed by atoms with E-state index in [-0.39, 0.29) is 29.6 Å². The number of carbonyl (C=O) groups excluding carboxylic acids is 3. The molecular weight excluding hydrogens is 391 g/mol. The van der Waals surface area contributed by atoms with Crippen LogP contribution >= 0.6 is 11.8 Å². The van der Waals surface area contributed by atoms with Gasteiger partial charge in [-0.2, -0.15) is 0 Å². The zero-order valence-corrected chi connectivity index (χ0v) is 18.9. The van der Waals surface area contributed by atoms with Gasteiger partial charge < -0.3 is 24.5 Å². The van der Waals surface area contributed by atoms with Gasteiger partial charge >= 0.3 is 29.6 Å². The molecule has 2 saturated heterocycles. The average Bonchev–Trinajstić information content (AvgIpc) is 3.06. The molecule has 4 atom stereocenters. The van der Waals surface area contributed by atoms with Crippen molar-refractivity contribution in [1.29, 1.82) is 0 Å². The number of benzene rings is 1. The maximum atomic E-state index is 12.9. The van der Waals surface area contributed by atoms with Gasteiger partial charge in [0.15, 0.2) is 0 Å². The average molecular weight is 410 g/mol. The van der Waals surface area contributed by atoms with Crippen molar-refractivity contribution in [2.24, 2.45) is 13.0 Å². The summed E-state index contributed by atoms with van der Waals surface area (Å²) < 4.78 is 0.938. The Morgan fingerprint density at radius 3 is 2.54 bits per heavy atom. The molecule has 0 bridgehead atoms. The van der Waals surface area contributed by atoms with Crippen LogP contribution in [-0.2, 0) is 16.6 Å². The van der Waals surface area contributed by atoms with Crippen LogP contribution in [0.1, 0.15) is 24.3 Å². The number of aliphatic hydroxyl groups excluding tert-OH is 1. The van der Waals surface area contributed by atoms with E-state index in [9.17, 15) is 24.6 Å². The van der Waals surface area contributed by atoms with Gasteiger partial charge in [-0.15, -0.1) is 11.8 Å². The van der Waals surface area contributed by atoms with Crippen molar-refractivity contribution in [2.45, 2.75) is 36.1 Å². The topological polar surface area (TPSA) is 103 Å². The number of Topliss-reactive ketones (excluding diaryl/α,β-unsaturated/α-hetero) is 1. The van der Waals surface area contributed by atoms with E-state index in [1.807, 2.05) is 24.3 Å². The minimum Gasteiger partial charge on any atom is -0.548 e. The molecule has 1 aromatic carbocycles. The Bertz CT molecular complexity index is 988. The first-order valence-corrected chi connectivity index (χ1v) is 9.50. The monoisotopic (exact) mass is 410 g/mol. The Morgan fingerprint density at radius 2 is 1.93 bits per heavy atom. The summed E-state index contributed by atoms with van der Waals surface area (Å²) in [6.45, 7) is 3.44. The number of thioether (sulfide) groups is 1. The Kier molecular flexibility index (Phi) is 5.48. The number of carboxylic acid groups (broad SMARTS) is 1. The third-order valence-electron chi connectivity index (χ3n) is 5.52. The number of carbonyl (C=O) groups is 3. The second kappa shape index (κ2) is 7.18. The van der Waals surface area contributed by atoms with Crippen LogP contribution in [0.2, 0.25) is 0 Å². The van der Waals surface area contributed by atoms with Gasteiger partial charge in [-0.05, 0) is 26.0 Å². The number of aromatic nitrogens is 1. The Labute approximate surface area is 188 Å². The number of carboxylic acids is 1. The number of rotatable bonds is 4. The Morgan fingerprint density at radius 1 is 1.29 bits per heavy atom. The smallest absolute Gasteiger partial charge is 0.548 e. The van der Waals surface area contributed by atoms with E-state index < -0.39 is 45.8 Å². The standard InChI is InChI=1S/C19H20N2O5S.Na/c1-19(2)15(18(25)26)21-16(24)12(17(21)27-19)14(23)13(22)11-8-9-6-4-5-7-10(9)20(11)3;/h4-8,12,14-15,17,23H,1-3H3,(H,25,26);/q;+1/p-1/t12-,14?,15+,17-;/m1./s1. The molecule has 3 heterocycles. The third kappa shape index (κ3) is 2.93. The molecule has 2 aromatic rings. The van der Waals surface area contributed by atoms with Crippen molar-refractivity contribution < 1.29 is 54.2 Å². The molecule has 28 heavy (non-hydrogen) atoms. The predicted octanol–water partition coefficient (Wildman–Crippen LogP) is -2.85. The van der Waals surface area contributed by atoms with Crippen LogP contribution in [-0.4, -0.2) is 54.5 Å². The first kappa shape index (κ1) is 21.4. The van der Waals surface area contributed by atoms with E-state index in [4.69, 9.17) is 0 Å². The van der Waals surface area contributed by atoms with Gasteiger partial charge in [0.05, 0.1) is 23.1 Å². The SMILES string of the molecule is Cn1c(C(=O)C(O)[C@@H]2C(=O)N3[C@@H]2SC(C)(C)[C@@H]3C(=O)[O-])cc2ccccc21.[Na+]. The zero-order valence-electron chi connectivity index (χ0n) is 16.1. The first-order valence-electron chi connectivity index (χ1n) is 8.63. The number of β-lactam (4-membered cyclic amide) rings is 1. The van der Waals surface area contributed by atoms with Crippen LogP contribution < -0.4 is 34.7 Å². The fraction of sp³-hybridized carbons (Fsp3) is 0.421. The number of nitrogens with zero attached hydrogens (tertiary/aromatic N) is 2. The molecule has 2 fully saturated rings. The van der Waals surface area contributed by atoms with Gasteiger partial charge in [0, 0.05) is 22.7 Å². The van der Waals surface area contributed by atoms with Crippen molar-refractivity contribution in [2.75, 3.05) is 0 Å². The maximum absolute atomic E-state index is 12.9. The van der Waals surface area contributed by atoms with E-state index >= 15 is 0 Å². The molecular formula is C19H19N2NaO5S. The number of amides is 1. The molecule has 0 radical (unpaired) electrons. The fourth-order valence-corrected chi connectivity index (χ4v) is 5.87.